The third-order valence-electron chi connectivity index (χ3n) is 1.86. The van der Waals surface area contributed by atoms with E-state index < -0.39 is 27.2 Å². The molecule has 0 saturated carbocycles. The van der Waals surface area contributed by atoms with Crippen LogP contribution < -0.4 is 14.9 Å². The van der Waals surface area contributed by atoms with Crippen molar-refractivity contribution in [2.75, 3.05) is 22.0 Å². The highest BCUT2D eigenvalue weighted by atomic mass is 32.2. The molecule has 1 aromatic rings. The summed E-state index contributed by atoms with van der Waals surface area (Å²) >= 11 is 0. The van der Waals surface area contributed by atoms with Crippen LogP contribution in [0.15, 0.2) is 18.2 Å². The first-order valence-electron chi connectivity index (χ1n) is 4.93. The predicted octanol–water partition coefficient (Wildman–Crippen LogP) is -1.89. The van der Waals surface area contributed by atoms with Crippen molar-refractivity contribution in [1.82, 2.24) is 0 Å². The minimum absolute atomic E-state index is 0.0132. The normalized spacial score (nSPS) is 12.0. The van der Waals surface area contributed by atoms with Gasteiger partial charge in [0.25, 0.3) is 0 Å². The number of sulfonamides is 2. The van der Waals surface area contributed by atoms with E-state index in [1.807, 2.05) is 0 Å². The highest BCUT2D eigenvalue weighted by Crippen LogP contribution is 2.16. The molecule has 0 aliphatic heterocycles. The number of nitrogens with one attached hydrogen (secondary N) is 2. The summed E-state index contributed by atoms with van der Waals surface area (Å²) in [6.07, 6.45) is 1.83. The Balaban J connectivity index is 3.25. The minimum Gasteiger partial charge on any atom is -0.423 e. The maximum atomic E-state index is 11.1. The maximum Gasteiger partial charge on any atom is 0.488 e. The quantitative estimate of drug-likeness (QED) is 0.470. The monoisotopic (exact) mass is 308 g/mol. The summed E-state index contributed by atoms with van der Waals surface area (Å²) < 4.78 is 48.6. The molecule has 0 atom stereocenters. The molecule has 106 valence electrons. The van der Waals surface area contributed by atoms with E-state index in [1.165, 1.54) is 18.2 Å². The Hall–Kier alpha value is -1.30. The third-order valence-corrected chi connectivity index (χ3v) is 3.07. The van der Waals surface area contributed by atoms with Crippen LogP contribution in [0.1, 0.15) is 0 Å². The zero-order valence-electron chi connectivity index (χ0n) is 10.2. The SMILES string of the molecule is CS(=O)(=O)Nc1cc(NS(C)(=O)=O)cc(B(O)O)c1. The van der Waals surface area contributed by atoms with E-state index in [9.17, 15) is 16.8 Å². The third kappa shape index (κ3) is 5.92. The summed E-state index contributed by atoms with van der Waals surface area (Å²) in [4.78, 5) is 0. The van der Waals surface area contributed by atoms with Gasteiger partial charge in [-0.3, -0.25) is 9.44 Å². The van der Waals surface area contributed by atoms with Gasteiger partial charge < -0.3 is 10.0 Å². The van der Waals surface area contributed by atoms with Crippen LogP contribution in [0.5, 0.6) is 0 Å². The molecule has 0 fully saturated rings. The van der Waals surface area contributed by atoms with Crippen molar-refractivity contribution in [2.45, 2.75) is 0 Å². The lowest BCUT2D eigenvalue weighted by Crippen LogP contribution is -2.30. The van der Waals surface area contributed by atoms with Gasteiger partial charge in [0.1, 0.15) is 0 Å². The van der Waals surface area contributed by atoms with Crippen molar-refractivity contribution >= 4 is 44.0 Å². The van der Waals surface area contributed by atoms with Gasteiger partial charge in [0, 0.05) is 0 Å². The van der Waals surface area contributed by atoms with Gasteiger partial charge in [0.2, 0.25) is 20.0 Å². The molecule has 19 heavy (non-hydrogen) atoms. The molecule has 11 heteroatoms. The minimum atomic E-state index is -3.57. The topological polar surface area (TPSA) is 133 Å². The number of hydrogen-bond acceptors (Lipinski definition) is 6. The fraction of sp³-hybridized carbons (Fsp3) is 0.250. The number of benzene rings is 1. The Kier molecular flexibility index (Phi) is 4.45. The molecule has 0 bridgehead atoms. The molecule has 0 radical (unpaired) electrons. The van der Waals surface area contributed by atoms with E-state index in [1.54, 1.807) is 0 Å². The van der Waals surface area contributed by atoms with E-state index >= 15 is 0 Å². The van der Waals surface area contributed by atoms with Crippen molar-refractivity contribution in [3.05, 3.63) is 18.2 Å². The van der Waals surface area contributed by atoms with Gasteiger partial charge in [-0.05, 0) is 23.7 Å². The van der Waals surface area contributed by atoms with Crippen molar-refractivity contribution in [3.8, 4) is 0 Å². The largest absolute Gasteiger partial charge is 0.488 e. The molecule has 0 aromatic heterocycles. The molecule has 0 amide bonds. The van der Waals surface area contributed by atoms with Gasteiger partial charge in [-0.15, -0.1) is 0 Å². The second-order valence-corrected chi connectivity index (χ2v) is 7.46. The van der Waals surface area contributed by atoms with Gasteiger partial charge in [0.05, 0.1) is 23.9 Å². The first kappa shape index (κ1) is 15.8. The lowest BCUT2D eigenvalue weighted by atomic mass is 9.80. The maximum absolute atomic E-state index is 11.1. The second-order valence-electron chi connectivity index (χ2n) is 3.97. The Morgan fingerprint density at radius 2 is 1.26 bits per heavy atom. The Morgan fingerprint density at radius 3 is 1.53 bits per heavy atom. The molecule has 4 N–H and O–H groups in total. The standard InChI is InChI=1S/C8H13BN2O6S2/c1-18(14,15)10-7-3-6(9(12)13)4-8(5-7)11-19(2,16)17/h3-5,10-13H,1-2H3. The van der Waals surface area contributed by atoms with Crippen LogP contribution >= 0.6 is 0 Å². The Morgan fingerprint density at radius 1 is 0.895 bits per heavy atom. The molecule has 0 aliphatic carbocycles. The van der Waals surface area contributed by atoms with Crippen molar-refractivity contribution in [2.24, 2.45) is 0 Å². The zero-order chi connectivity index (χ0) is 14.8. The molecule has 0 unspecified atom stereocenters. The first-order valence-corrected chi connectivity index (χ1v) is 8.71. The number of hydrogen-bond donors (Lipinski definition) is 4. The fourth-order valence-electron chi connectivity index (χ4n) is 1.35. The van der Waals surface area contributed by atoms with Crippen molar-refractivity contribution < 1.29 is 26.9 Å². The van der Waals surface area contributed by atoms with E-state index in [0.29, 0.717) is 0 Å². The zero-order valence-corrected chi connectivity index (χ0v) is 11.8. The predicted molar refractivity (Wildman–Crippen MR) is 73.2 cm³/mol. The van der Waals surface area contributed by atoms with Crippen LogP contribution in [0.3, 0.4) is 0 Å². The smallest absolute Gasteiger partial charge is 0.423 e. The van der Waals surface area contributed by atoms with Crippen LogP contribution in [0.25, 0.3) is 0 Å². The molecule has 8 nitrogen and oxygen atoms in total. The summed E-state index contributed by atoms with van der Waals surface area (Å²) in [6, 6.07) is 3.58. The van der Waals surface area contributed by atoms with Gasteiger partial charge in [0.15, 0.2) is 0 Å². The Labute approximate surface area is 111 Å². The van der Waals surface area contributed by atoms with E-state index in [4.69, 9.17) is 10.0 Å². The van der Waals surface area contributed by atoms with Crippen LogP contribution in [0, 0.1) is 0 Å². The lowest BCUT2D eigenvalue weighted by Gasteiger charge is -2.11. The summed E-state index contributed by atoms with van der Waals surface area (Å²) in [6.45, 7) is 0. The van der Waals surface area contributed by atoms with E-state index in [-0.39, 0.29) is 16.8 Å². The first-order chi connectivity index (χ1) is 8.46. The molecule has 1 rings (SSSR count). The fourth-order valence-corrected chi connectivity index (χ4v) is 2.44. The summed E-state index contributed by atoms with van der Waals surface area (Å²) in [5, 5.41) is 18.1. The molecule has 0 aliphatic rings. The number of rotatable bonds is 5. The molecule has 0 saturated heterocycles. The summed E-state index contributed by atoms with van der Waals surface area (Å²) in [5.74, 6) is 0. The molecule has 0 spiro atoms. The summed E-state index contributed by atoms with van der Waals surface area (Å²) in [7, 11) is -9.00. The summed E-state index contributed by atoms with van der Waals surface area (Å²) in [5.41, 5.74) is -0.0294. The van der Waals surface area contributed by atoms with Crippen LogP contribution in [-0.4, -0.2) is 46.5 Å². The van der Waals surface area contributed by atoms with Crippen LogP contribution in [0.2, 0.25) is 0 Å². The van der Waals surface area contributed by atoms with Gasteiger partial charge in [-0.1, -0.05) is 0 Å². The van der Waals surface area contributed by atoms with Crippen LogP contribution in [0.4, 0.5) is 11.4 Å². The molecular weight excluding hydrogens is 295 g/mol. The molecule has 1 aromatic carbocycles. The average molecular weight is 308 g/mol. The van der Waals surface area contributed by atoms with Crippen molar-refractivity contribution in [3.63, 3.8) is 0 Å². The van der Waals surface area contributed by atoms with E-state index in [0.717, 1.165) is 12.5 Å². The highest BCUT2D eigenvalue weighted by molar-refractivity contribution is 7.92. The van der Waals surface area contributed by atoms with Gasteiger partial charge in [-0.2, -0.15) is 0 Å². The average Bonchev–Trinajstić information content (AvgIpc) is 2.10. The van der Waals surface area contributed by atoms with E-state index in [2.05, 4.69) is 9.44 Å². The van der Waals surface area contributed by atoms with Crippen molar-refractivity contribution in [1.29, 1.82) is 0 Å². The Bertz CT molecular complexity index is 618. The lowest BCUT2D eigenvalue weighted by molar-refractivity contribution is 0.426. The molecular formula is C8H13BN2O6S2. The van der Waals surface area contributed by atoms with Gasteiger partial charge >= 0.3 is 7.12 Å². The van der Waals surface area contributed by atoms with Gasteiger partial charge in [-0.25, -0.2) is 16.8 Å². The van der Waals surface area contributed by atoms with Crippen LogP contribution in [-0.2, 0) is 20.0 Å². The number of anilines is 2. The highest BCUT2D eigenvalue weighted by Gasteiger charge is 2.15. The second kappa shape index (κ2) is 5.37. The molecule has 0 heterocycles.